The summed E-state index contributed by atoms with van der Waals surface area (Å²) in [6.07, 6.45) is 2.92. The third-order valence-corrected chi connectivity index (χ3v) is 1.12. The lowest BCUT2D eigenvalue weighted by atomic mass is 10.4. The van der Waals surface area contributed by atoms with E-state index in [1.54, 1.807) is 12.1 Å². The van der Waals surface area contributed by atoms with Crippen LogP contribution in [0.25, 0.3) is 0 Å². The zero-order valence-electron chi connectivity index (χ0n) is 5.94. The smallest absolute Gasteiger partial charge is 0.242 e. The minimum absolute atomic E-state index is 0.255. The number of aromatic nitrogens is 1. The van der Waals surface area contributed by atoms with Gasteiger partial charge in [-0.05, 0) is 12.1 Å². The molecule has 4 nitrogen and oxygen atoms in total. The molecule has 0 aromatic carbocycles. The second-order valence-electron chi connectivity index (χ2n) is 1.73. The fourth-order valence-corrected chi connectivity index (χ4v) is 0.669. The average molecular weight is 150 g/mol. The first-order valence-corrected chi connectivity index (χ1v) is 2.95. The van der Waals surface area contributed by atoms with Crippen LogP contribution in [0.5, 0.6) is 5.75 Å². The monoisotopic (exact) mass is 150 g/mol. The Hall–Kier alpha value is -1.67. The van der Waals surface area contributed by atoms with Gasteiger partial charge >= 0.3 is 0 Å². The van der Waals surface area contributed by atoms with Gasteiger partial charge < -0.3 is 4.74 Å². The Morgan fingerprint density at radius 1 is 1.73 bits per heavy atom. The highest BCUT2D eigenvalue weighted by atomic mass is 16.5. The molecule has 1 rings (SSSR count). The molecule has 11 heavy (non-hydrogen) atoms. The first-order chi connectivity index (χ1) is 5.38. The van der Waals surface area contributed by atoms with Crippen molar-refractivity contribution < 1.29 is 9.53 Å². The summed E-state index contributed by atoms with van der Waals surface area (Å²) in [4.78, 5) is 17.0. The van der Waals surface area contributed by atoms with E-state index in [1.807, 2.05) is 0 Å². The van der Waals surface area contributed by atoms with Crippen molar-refractivity contribution in [3.8, 4) is 5.75 Å². The molecule has 0 saturated heterocycles. The highest BCUT2D eigenvalue weighted by molar-refractivity contribution is 5.52. The molecule has 1 heterocycles. The summed E-state index contributed by atoms with van der Waals surface area (Å²) in [6, 6.07) is 3.37. The van der Waals surface area contributed by atoms with E-state index in [-0.39, 0.29) is 5.82 Å². The van der Waals surface area contributed by atoms with Gasteiger partial charge in [-0.15, -0.1) is 4.99 Å². The van der Waals surface area contributed by atoms with E-state index >= 15 is 0 Å². The average Bonchev–Trinajstić information content (AvgIpc) is 2.06. The standard InChI is InChI=1S/C7H6N2O2/c1-11-6-3-2-4-8-7(6)9-5-10/h2-4H,1H3. The summed E-state index contributed by atoms with van der Waals surface area (Å²) in [5, 5.41) is 0. The van der Waals surface area contributed by atoms with Crippen molar-refractivity contribution >= 4 is 11.9 Å². The van der Waals surface area contributed by atoms with E-state index in [4.69, 9.17) is 4.74 Å². The predicted octanol–water partition coefficient (Wildman–Crippen LogP) is 1.06. The van der Waals surface area contributed by atoms with Crippen LogP contribution in [0.1, 0.15) is 0 Å². The molecule has 56 valence electrons. The van der Waals surface area contributed by atoms with Crippen LogP contribution in [0.4, 0.5) is 5.82 Å². The van der Waals surface area contributed by atoms with Crippen molar-refractivity contribution in [3.05, 3.63) is 18.3 Å². The van der Waals surface area contributed by atoms with E-state index in [0.717, 1.165) is 0 Å². The van der Waals surface area contributed by atoms with E-state index in [9.17, 15) is 4.79 Å². The summed E-state index contributed by atoms with van der Waals surface area (Å²) in [6.45, 7) is 0. The Bertz CT molecular complexity index is 292. The van der Waals surface area contributed by atoms with Crippen LogP contribution < -0.4 is 4.74 Å². The second kappa shape index (κ2) is 3.49. The van der Waals surface area contributed by atoms with Crippen LogP contribution in [0.2, 0.25) is 0 Å². The van der Waals surface area contributed by atoms with Gasteiger partial charge in [-0.3, -0.25) is 0 Å². The minimum atomic E-state index is 0.255. The number of nitrogens with zero attached hydrogens (tertiary/aromatic N) is 2. The quantitative estimate of drug-likeness (QED) is 0.467. The molecule has 0 saturated carbocycles. The Morgan fingerprint density at radius 2 is 2.55 bits per heavy atom. The number of ether oxygens (including phenoxy) is 1. The number of pyridine rings is 1. The van der Waals surface area contributed by atoms with Gasteiger partial charge in [-0.1, -0.05) is 0 Å². The highest BCUT2D eigenvalue weighted by Gasteiger charge is 1.98. The van der Waals surface area contributed by atoms with Gasteiger partial charge in [-0.2, -0.15) is 0 Å². The maximum Gasteiger partial charge on any atom is 0.242 e. The number of carbonyl (C=O) groups excluding carboxylic acids is 1. The van der Waals surface area contributed by atoms with Crippen LogP contribution in [0.3, 0.4) is 0 Å². The summed E-state index contributed by atoms with van der Waals surface area (Å²) < 4.78 is 4.86. The normalized spacial score (nSPS) is 8.45. The molecule has 1 aromatic heterocycles. The molecule has 0 unspecified atom stereocenters. The number of hydrogen-bond acceptors (Lipinski definition) is 4. The number of isocyanates is 1. The van der Waals surface area contributed by atoms with E-state index in [2.05, 4.69) is 9.98 Å². The lowest BCUT2D eigenvalue weighted by Crippen LogP contribution is -1.84. The van der Waals surface area contributed by atoms with Gasteiger partial charge in [-0.25, -0.2) is 9.78 Å². The number of aliphatic imine (C=N–C) groups is 1. The van der Waals surface area contributed by atoms with Gasteiger partial charge in [0.1, 0.15) is 0 Å². The van der Waals surface area contributed by atoms with Crippen molar-refractivity contribution in [2.75, 3.05) is 7.11 Å². The van der Waals surface area contributed by atoms with Crippen molar-refractivity contribution in [2.24, 2.45) is 4.99 Å². The Labute approximate surface area is 63.6 Å². The molecule has 0 aliphatic rings. The zero-order valence-corrected chi connectivity index (χ0v) is 5.94. The van der Waals surface area contributed by atoms with Crippen LogP contribution in [0, 0.1) is 0 Å². The summed E-state index contributed by atoms with van der Waals surface area (Å²) in [5.41, 5.74) is 0. The minimum Gasteiger partial charge on any atom is -0.493 e. The van der Waals surface area contributed by atoms with Crippen molar-refractivity contribution in [3.63, 3.8) is 0 Å². The number of methoxy groups -OCH3 is 1. The predicted molar refractivity (Wildman–Crippen MR) is 38.6 cm³/mol. The Balaban J connectivity index is 3.11. The maximum atomic E-state index is 9.86. The van der Waals surface area contributed by atoms with Gasteiger partial charge in [0.25, 0.3) is 0 Å². The Morgan fingerprint density at radius 3 is 3.18 bits per heavy atom. The van der Waals surface area contributed by atoms with Crippen LogP contribution in [0.15, 0.2) is 23.3 Å². The molecule has 1 aromatic rings. The number of rotatable bonds is 2. The maximum absolute atomic E-state index is 9.86. The molecule has 0 aliphatic carbocycles. The first kappa shape index (κ1) is 7.44. The van der Waals surface area contributed by atoms with Crippen molar-refractivity contribution in [1.82, 2.24) is 4.98 Å². The molecule has 0 aliphatic heterocycles. The van der Waals surface area contributed by atoms with E-state index in [0.29, 0.717) is 5.75 Å². The lowest BCUT2D eigenvalue weighted by molar-refractivity contribution is 0.414. The van der Waals surface area contributed by atoms with E-state index in [1.165, 1.54) is 19.4 Å². The van der Waals surface area contributed by atoms with Crippen LogP contribution in [-0.4, -0.2) is 18.2 Å². The molecule has 0 atom stereocenters. The fraction of sp³-hybridized carbons (Fsp3) is 0.143. The molecule has 0 radical (unpaired) electrons. The molecule has 0 amide bonds. The van der Waals surface area contributed by atoms with Crippen LogP contribution >= 0.6 is 0 Å². The summed E-state index contributed by atoms with van der Waals surface area (Å²) in [5.74, 6) is 0.723. The zero-order chi connectivity index (χ0) is 8.10. The van der Waals surface area contributed by atoms with E-state index < -0.39 is 0 Å². The Kier molecular flexibility index (Phi) is 2.36. The lowest BCUT2D eigenvalue weighted by Gasteiger charge is -1.98. The summed E-state index contributed by atoms with van der Waals surface area (Å²) >= 11 is 0. The molecular formula is C7H6N2O2. The van der Waals surface area contributed by atoms with Crippen molar-refractivity contribution in [2.45, 2.75) is 0 Å². The molecule has 0 N–H and O–H groups in total. The first-order valence-electron chi connectivity index (χ1n) is 2.95. The van der Waals surface area contributed by atoms with Crippen molar-refractivity contribution in [1.29, 1.82) is 0 Å². The fourth-order valence-electron chi connectivity index (χ4n) is 0.669. The largest absolute Gasteiger partial charge is 0.493 e. The molecule has 0 fully saturated rings. The molecule has 4 heteroatoms. The highest BCUT2D eigenvalue weighted by Crippen LogP contribution is 2.21. The molecule has 0 spiro atoms. The molecular weight excluding hydrogens is 144 g/mol. The van der Waals surface area contributed by atoms with Gasteiger partial charge in [0.05, 0.1) is 7.11 Å². The van der Waals surface area contributed by atoms with Gasteiger partial charge in [0.15, 0.2) is 5.75 Å². The second-order valence-corrected chi connectivity index (χ2v) is 1.73. The molecule has 0 bridgehead atoms. The van der Waals surface area contributed by atoms with Gasteiger partial charge in [0, 0.05) is 6.20 Å². The third kappa shape index (κ3) is 1.63. The van der Waals surface area contributed by atoms with Gasteiger partial charge in [0.2, 0.25) is 11.9 Å². The SMILES string of the molecule is COc1cccnc1N=C=O. The summed E-state index contributed by atoms with van der Waals surface area (Å²) in [7, 11) is 1.49. The number of hydrogen-bond donors (Lipinski definition) is 0. The topological polar surface area (TPSA) is 51.6 Å². The third-order valence-electron chi connectivity index (χ3n) is 1.12. The van der Waals surface area contributed by atoms with Crippen LogP contribution in [-0.2, 0) is 4.79 Å².